The van der Waals surface area contributed by atoms with Gasteiger partial charge in [-0.1, -0.05) is 25.9 Å². The zero-order valence-corrected chi connectivity index (χ0v) is 12.3. The van der Waals surface area contributed by atoms with Crippen molar-refractivity contribution in [3.63, 3.8) is 0 Å². The molecule has 2 heterocycles. The minimum atomic E-state index is -0.253. The number of nitrogens with one attached hydrogen (secondary N) is 1. The summed E-state index contributed by atoms with van der Waals surface area (Å²) in [6.07, 6.45) is 0.464. The van der Waals surface area contributed by atoms with E-state index < -0.39 is 0 Å². The lowest BCUT2D eigenvalue weighted by molar-refractivity contribution is -0.118. The van der Waals surface area contributed by atoms with E-state index in [1.165, 1.54) is 0 Å². The first-order valence-corrected chi connectivity index (χ1v) is 7.12. The molecule has 1 aliphatic heterocycles. The highest BCUT2D eigenvalue weighted by atomic mass is 16.5. The molecule has 0 radical (unpaired) electrons. The molecule has 0 aromatic carbocycles. The number of anilines is 1. The standard InChI is InChI=1S/C14H23N3O3/c1-9(2)11-6-14(20-16-11)15-13(19)8-17-5-4-12(18)10(3)7-17/h6,9-10,12,18H,4-5,7-8H2,1-3H3,(H,15,19). The van der Waals surface area contributed by atoms with Crippen LogP contribution in [-0.2, 0) is 4.79 Å². The summed E-state index contributed by atoms with van der Waals surface area (Å²) < 4.78 is 5.08. The van der Waals surface area contributed by atoms with E-state index in [0.29, 0.717) is 18.8 Å². The first-order chi connectivity index (χ1) is 9.45. The summed E-state index contributed by atoms with van der Waals surface area (Å²) in [6, 6.07) is 1.76. The Morgan fingerprint density at radius 1 is 1.65 bits per heavy atom. The lowest BCUT2D eigenvalue weighted by Gasteiger charge is -2.33. The van der Waals surface area contributed by atoms with Crippen LogP contribution in [0.15, 0.2) is 10.6 Å². The van der Waals surface area contributed by atoms with E-state index in [9.17, 15) is 9.90 Å². The first kappa shape index (κ1) is 15.0. The normalized spacial score (nSPS) is 24.1. The maximum atomic E-state index is 11.9. The topological polar surface area (TPSA) is 78.6 Å². The molecule has 2 rings (SSSR count). The number of aliphatic hydroxyl groups is 1. The van der Waals surface area contributed by atoms with E-state index in [2.05, 4.69) is 10.5 Å². The molecule has 1 saturated heterocycles. The van der Waals surface area contributed by atoms with Gasteiger partial charge in [0.1, 0.15) is 0 Å². The molecule has 1 aliphatic rings. The Labute approximate surface area is 119 Å². The van der Waals surface area contributed by atoms with Gasteiger partial charge in [-0.05, 0) is 18.3 Å². The number of aliphatic hydroxyl groups excluding tert-OH is 1. The van der Waals surface area contributed by atoms with Crippen LogP contribution in [0.2, 0.25) is 0 Å². The highest BCUT2D eigenvalue weighted by Crippen LogP contribution is 2.18. The van der Waals surface area contributed by atoms with Gasteiger partial charge in [-0.25, -0.2) is 0 Å². The molecular weight excluding hydrogens is 258 g/mol. The largest absolute Gasteiger partial charge is 0.393 e. The minimum Gasteiger partial charge on any atom is -0.393 e. The van der Waals surface area contributed by atoms with Crippen LogP contribution in [0.1, 0.15) is 38.8 Å². The number of piperidine rings is 1. The molecule has 2 N–H and O–H groups in total. The minimum absolute atomic E-state index is 0.111. The second-order valence-corrected chi connectivity index (χ2v) is 5.89. The first-order valence-electron chi connectivity index (χ1n) is 7.12. The van der Waals surface area contributed by atoms with E-state index in [0.717, 1.165) is 18.8 Å². The van der Waals surface area contributed by atoms with Crippen molar-refractivity contribution in [2.45, 2.75) is 39.2 Å². The molecule has 2 unspecified atom stereocenters. The molecule has 1 aromatic rings. The molecule has 1 amide bonds. The van der Waals surface area contributed by atoms with Crippen molar-refractivity contribution in [2.75, 3.05) is 25.0 Å². The second kappa shape index (κ2) is 6.37. The summed E-state index contributed by atoms with van der Waals surface area (Å²) >= 11 is 0. The van der Waals surface area contributed by atoms with Crippen molar-refractivity contribution in [3.8, 4) is 0 Å². The highest BCUT2D eigenvalue weighted by molar-refractivity contribution is 5.90. The molecule has 20 heavy (non-hydrogen) atoms. The molecule has 0 bridgehead atoms. The number of nitrogens with zero attached hydrogens (tertiary/aromatic N) is 2. The third kappa shape index (κ3) is 3.80. The van der Waals surface area contributed by atoms with Crippen molar-refractivity contribution in [3.05, 3.63) is 11.8 Å². The van der Waals surface area contributed by atoms with Gasteiger partial charge in [-0.3, -0.25) is 15.0 Å². The number of hydrogen-bond acceptors (Lipinski definition) is 5. The van der Waals surface area contributed by atoms with E-state index in [-0.39, 0.29) is 23.8 Å². The summed E-state index contributed by atoms with van der Waals surface area (Å²) in [5, 5.41) is 16.3. The van der Waals surface area contributed by atoms with Gasteiger partial charge in [0.25, 0.3) is 0 Å². The van der Waals surface area contributed by atoms with Gasteiger partial charge < -0.3 is 9.63 Å². The lowest BCUT2D eigenvalue weighted by Crippen LogP contribution is -2.45. The Hall–Kier alpha value is -1.40. The quantitative estimate of drug-likeness (QED) is 0.873. The average molecular weight is 281 g/mol. The molecule has 2 atom stereocenters. The van der Waals surface area contributed by atoms with Gasteiger partial charge in [0.15, 0.2) is 0 Å². The van der Waals surface area contributed by atoms with Crippen molar-refractivity contribution in [1.82, 2.24) is 10.1 Å². The third-order valence-electron chi connectivity index (χ3n) is 3.69. The van der Waals surface area contributed by atoms with Crippen molar-refractivity contribution in [2.24, 2.45) is 5.92 Å². The fourth-order valence-electron chi connectivity index (χ4n) is 2.36. The van der Waals surface area contributed by atoms with E-state index in [1.54, 1.807) is 6.07 Å². The summed E-state index contributed by atoms with van der Waals surface area (Å²) in [6.45, 7) is 7.83. The van der Waals surface area contributed by atoms with E-state index in [4.69, 9.17) is 4.52 Å². The van der Waals surface area contributed by atoms with Gasteiger partial charge in [0.05, 0.1) is 18.3 Å². The van der Waals surface area contributed by atoms with Crippen LogP contribution < -0.4 is 5.32 Å². The fourth-order valence-corrected chi connectivity index (χ4v) is 2.36. The molecule has 6 heteroatoms. The number of amides is 1. The molecule has 0 aliphatic carbocycles. The molecule has 112 valence electrons. The van der Waals surface area contributed by atoms with Gasteiger partial charge in [0.2, 0.25) is 11.8 Å². The molecule has 0 saturated carbocycles. The Kier molecular flexibility index (Phi) is 4.77. The number of aromatic nitrogens is 1. The summed E-state index contributed by atoms with van der Waals surface area (Å²) in [5.74, 6) is 0.757. The van der Waals surface area contributed by atoms with E-state index >= 15 is 0 Å². The fraction of sp³-hybridized carbons (Fsp3) is 0.714. The van der Waals surface area contributed by atoms with Gasteiger partial charge in [-0.2, -0.15) is 0 Å². The Balaban J connectivity index is 1.83. The molecule has 1 aromatic heterocycles. The summed E-state index contributed by atoms with van der Waals surface area (Å²) in [4.78, 5) is 14.0. The van der Waals surface area contributed by atoms with Crippen LogP contribution in [-0.4, -0.2) is 46.8 Å². The average Bonchev–Trinajstić information content (AvgIpc) is 2.82. The van der Waals surface area contributed by atoms with E-state index in [1.807, 2.05) is 25.7 Å². The van der Waals surface area contributed by atoms with Gasteiger partial charge in [-0.15, -0.1) is 0 Å². The van der Waals surface area contributed by atoms with Crippen LogP contribution in [0, 0.1) is 5.92 Å². The van der Waals surface area contributed by atoms with Crippen LogP contribution in [0.4, 0.5) is 5.88 Å². The molecule has 1 fully saturated rings. The Bertz CT molecular complexity index is 458. The molecule has 0 spiro atoms. The Morgan fingerprint density at radius 2 is 2.40 bits per heavy atom. The second-order valence-electron chi connectivity index (χ2n) is 5.89. The maximum Gasteiger partial charge on any atom is 0.240 e. The zero-order chi connectivity index (χ0) is 14.7. The van der Waals surface area contributed by atoms with Crippen LogP contribution in [0.5, 0.6) is 0 Å². The smallest absolute Gasteiger partial charge is 0.240 e. The number of rotatable bonds is 4. The van der Waals surface area contributed by atoms with Crippen molar-refractivity contribution < 1.29 is 14.4 Å². The van der Waals surface area contributed by atoms with Crippen LogP contribution in [0.3, 0.4) is 0 Å². The Morgan fingerprint density at radius 3 is 3.00 bits per heavy atom. The highest BCUT2D eigenvalue weighted by Gasteiger charge is 2.25. The number of likely N-dealkylation sites (tertiary alicyclic amines) is 1. The number of hydrogen-bond donors (Lipinski definition) is 2. The predicted octanol–water partition coefficient (Wildman–Crippen LogP) is 1.44. The van der Waals surface area contributed by atoms with Crippen LogP contribution in [0.25, 0.3) is 0 Å². The predicted molar refractivity (Wildman–Crippen MR) is 75.4 cm³/mol. The van der Waals surface area contributed by atoms with Crippen LogP contribution >= 0.6 is 0 Å². The number of carbonyl (C=O) groups is 1. The molecule has 6 nitrogen and oxygen atoms in total. The van der Waals surface area contributed by atoms with Gasteiger partial charge in [0, 0.05) is 19.2 Å². The molecular formula is C14H23N3O3. The summed E-state index contributed by atoms with van der Waals surface area (Å²) in [7, 11) is 0. The van der Waals surface area contributed by atoms with Crippen molar-refractivity contribution >= 4 is 11.8 Å². The summed E-state index contributed by atoms with van der Waals surface area (Å²) in [5.41, 5.74) is 0.829. The number of carbonyl (C=O) groups excluding carboxylic acids is 1. The maximum absolute atomic E-state index is 11.9. The van der Waals surface area contributed by atoms with Crippen molar-refractivity contribution in [1.29, 1.82) is 0 Å². The van der Waals surface area contributed by atoms with Gasteiger partial charge >= 0.3 is 0 Å². The third-order valence-corrected chi connectivity index (χ3v) is 3.69. The lowest BCUT2D eigenvalue weighted by atomic mass is 9.97. The SMILES string of the molecule is CC(C)c1cc(NC(=O)CN2CCC(O)C(C)C2)on1. The zero-order valence-electron chi connectivity index (χ0n) is 12.3. The monoisotopic (exact) mass is 281 g/mol.